The number of fused-ring (bicyclic) bond motifs is 3. The van der Waals surface area contributed by atoms with Gasteiger partial charge in [-0.25, -0.2) is 4.98 Å². The Morgan fingerprint density at radius 2 is 2.32 bits per heavy atom. The normalized spacial score (nSPS) is 13.5. The summed E-state index contributed by atoms with van der Waals surface area (Å²) in [6.07, 6.45) is 5.09. The van der Waals surface area contributed by atoms with Crippen molar-refractivity contribution in [3.8, 4) is 0 Å². The van der Waals surface area contributed by atoms with E-state index in [2.05, 4.69) is 11.6 Å². The van der Waals surface area contributed by atoms with E-state index in [1.54, 1.807) is 22.0 Å². The summed E-state index contributed by atoms with van der Waals surface area (Å²) in [5.41, 5.74) is 6.36. The molecule has 5 nitrogen and oxygen atoms in total. The number of aromatic nitrogens is 2. The molecule has 0 aromatic carbocycles. The molecule has 116 valence electrons. The van der Waals surface area contributed by atoms with Gasteiger partial charge >= 0.3 is 0 Å². The third-order valence-corrected chi connectivity index (χ3v) is 5.84. The molecule has 0 atom stereocenters. The molecule has 0 bridgehead atoms. The highest BCUT2D eigenvalue weighted by atomic mass is 32.2. The number of carbonyl (C=O) groups is 1. The fourth-order valence-corrected chi connectivity index (χ4v) is 4.97. The van der Waals surface area contributed by atoms with Crippen LogP contribution >= 0.6 is 23.1 Å². The van der Waals surface area contributed by atoms with E-state index in [4.69, 9.17) is 5.73 Å². The topological polar surface area (TPSA) is 78.0 Å². The quantitative estimate of drug-likeness (QED) is 0.498. The number of nitrogens with zero attached hydrogens (tertiary/aromatic N) is 2. The van der Waals surface area contributed by atoms with Crippen LogP contribution in [0.2, 0.25) is 0 Å². The van der Waals surface area contributed by atoms with Crippen LogP contribution in [-0.2, 0) is 24.2 Å². The van der Waals surface area contributed by atoms with Crippen LogP contribution in [0.15, 0.2) is 22.6 Å². The number of aryl methyl sites for hydroxylation is 2. The standard InChI is InChI=1S/C15H17N3O2S2/c1-2-7-18-14(20)12-9-4-3-5-10(9)22-13(12)17-15(18)21-8-6-11(16)19/h2H,1,3-8H2,(H2,16,19). The van der Waals surface area contributed by atoms with Crippen molar-refractivity contribution in [2.75, 3.05) is 5.75 Å². The Morgan fingerprint density at radius 1 is 1.50 bits per heavy atom. The first-order chi connectivity index (χ1) is 10.6. The largest absolute Gasteiger partial charge is 0.370 e. The highest BCUT2D eigenvalue weighted by Gasteiger charge is 2.23. The van der Waals surface area contributed by atoms with Gasteiger partial charge in [-0.05, 0) is 24.8 Å². The van der Waals surface area contributed by atoms with Crippen LogP contribution in [0.3, 0.4) is 0 Å². The minimum atomic E-state index is -0.346. The Kier molecular flexibility index (Phi) is 4.35. The van der Waals surface area contributed by atoms with Gasteiger partial charge in [-0.15, -0.1) is 17.9 Å². The van der Waals surface area contributed by atoms with Crippen molar-refractivity contribution < 1.29 is 4.79 Å². The monoisotopic (exact) mass is 335 g/mol. The molecule has 7 heteroatoms. The zero-order chi connectivity index (χ0) is 15.7. The Hall–Kier alpha value is -1.60. The molecule has 0 radical (unpaired) electrons. The van der Waals surface area contributed by atoms with Gasteiger partial charge in [0, 0.05) is 23.6 Å². The lowest BCUT2D eigenvalue weighted by Crippen LogP contribution is -2.23. The smallest absolute Gasteiger partial charge is 0.263 e. The summed E-state index contributed by atoms with van der Waals surface area (Å²) >= 11 is 3.02. The van der Waals surface area contributed by atoms with Crippen molar-refractivity contribution in [1.82, 2.24) is 9.55 Å². The van der Waals surface area contributed by atoms with Crippen LogP contribution < -0.4 is 11.3 Å². The molecular weight excluding hydrogens is 318 g/mol. The zero-order valence-corrected chi connectivity index (χ0v) is 13.8. The van der Waals surface area contributed by atoms with E-state index in [-0.39, 0.29) is 17.9 Å². The predicted octanol–water partition coefficient (Wildman–Crippen LogP) is 2.10. The summed E-state index contributed by atoms with van der Waals surface area (Å²) in [6, 6.07) is 0. The second kappa shape index (κ2) is 6.26. The number of amides is 1. The van der Waals surface area contributed by atoms with E-state index in [0.29, 0.717) is 17.5 Å². The van der Waals surface area contributed by atoms with Gasteiger partial charge in [0.1, 0.15) is 4.83 Å². The van der Waals surface area contributed by atoms with Gasteiger partial charge in [-0.2, -0.15) is 0 Å². The molecule has 0 spiro atoms. The van der Waals surface area contributed by atoms with Gasteiger partial charge in [0.25, 0.3) is 5.56 Å². The van der Waals surface area contributed by atoms with Gasteiger partial charge in [0.15, 0.2) is 5.16 Å². The molecule has 0 saturated heterocycles. The maximum atomic E-state index is 12.8. The van der Waals surface area contributed by atoms with E-state index in [1.807, 2.05) is 0 Å². The van der Waals surface area contributed by atoms with E-state index < -0.39 is 0 Å². The molecule has 0 fully saturated rings. The minimum Gasteiger partial charge on any atom is -0.370 e. The van der Waals surface area contributed by atoms with Crippen LogP contribution in [0.5, 0.6) is 0 Å². The number of rotatable bonds is 6. The Labute approximate surface area is 136 Å². The number of hydrogen-bond donors (Lipinski definition) is 1. The summed E-state index contributed by atoms with van der Waals surface area (Å²) in [5, 5.41) is 1.41. The van der Waals surface area contributed by atoms with Crippen LogP contribution in [0.4, 0.5) is 0 Å². The summed E-state index contributed by atoms with van der Waals surface area (Å²) in [7, 11) is 0. The van der Waals surface area contributed by atoms with Gasteiger partial charge in [-0.3, -0.25) is 14.2 Å². The summed E-state index contributed by atoms with van der Waals surface area (Å²) in [6.45, 7) is 4.14. The molecule has 2 aromatic rings. The van der Waals surface area contributed by atoms with Crippen molar-refractivity contribution >= 4 is 39.2 Å². The first-order valence-corrected chi connectivity index (χ1v) is 8.99. The number of carbonyl (C=O) groups excluding carboxylic acids is 1. The van der Waals surface area contributed by atoms with Gasteiger partial charge in [0.05, 0.1) is 5.39 Å². The molecular formula is C15H17N3O2S2. The number of hydrogen-bond acceptors (Lipinski definition) is 5. The van der Waals surface area contributed by atoms with E-state index >= 15 is 0 Å². The van der Waals surface area contributed by atoms with Gasteiger partial charge in [0.2, 0.25) is 5.91 Å². The summed E-state index contributed by atoms with van der Waals surface area (Å²) in [4.78, 5) is 30.5. The van der Waals surface area contributed by atoms with Gasteiger partial charge < -0.3 is 5.73 Å². The molecule has 1 amide bonds. The fourth-order valence-electron chi connectivity index (χ4n) is 2.70. The van der Waals surface area contributed by atoms with Crippen LogP contribution in [0.1, 0.15) is 23.3 Å². The molecule has 0 saturated carbocycles. The third kappa shape index (κ3) is 2.70. The predicted molar refractivity (Wildman–Crippen MR) is 90.6 cm³/mol. The highest BCUT2D eigenvalue weighted by molar-refractivity contribution is 7.99. The van der Waals surface area contributed by atoms with E-state index in [0.717, 1.165) is 29.5 Å². The highest BCUT2D eigenvalue weighted by Crippen LogP contribution is 2.35. The van der Waals surface area contributed by atoms with Crippen LogP contribution in [0, 0.1) is 0 Å². The van der Waals surface area contributed by atoms with Crippen molar-refractivity contribution in [3.63, 3.8) is 0 Å². The first-order valence-electron chi connectivity index (χ1n) is 7.19. The average Bonchev–Trinajstić information content (AvgIpc) is 3.02. The second-order valence-corrected chi connectivity index (χ2v) is 7.35. The lowest BCUT2D eigenvalue weighted by atomic mass is 10.2. The molecule has 1 aliphatic rings. The Bertz CT molecular complexity index is 807. The molecule has 2 aromatic heterocycles. The zero-order valence-electron chi connectivity index (χ0n) is 12.1. The molecule has 2 N–H and O–H groups in total. The fraction of sp³-hybridized carbons (Fsp3) is 0.400. The molecule has 22 heavy (non-hydrogen) atoms. The molecule has 1 aliphatic carbocycles. The Balaban J connectivity index is 2.07. The number of thiophene rings is 1. The summed E-state index contributed by atoms with van der Waals surface area (Å²) < 4.78 is 1.65. The number of primary amides is 1. The van der Waals surface area contributed by atoms with Crippen molar-refractivity contribution in [2.45, 2.75) is 37.4 Å². The minimum absolute atomic E-state index is 0.00544. The summed E-state index contributed by atoms with van der Waals surface area (Å²) in [5.74, 6) is 0.177. The maximum absolute atomic E-state index is 12.8. The molecule has 0 aliphatic heterocycles. The first kappa shape index (κ1) is 15.3. The number of allylic oxidation sites excluding steroid dienone is 1. The van der Waals surface area contributed by atoms with Crippen molar-refractivity contribution in [3.05, 3.63) is 33.4 Å². The lowest BCUT2D eigenvalue weighted by Gasteiger charge is -2.10. The lowest BCUT2D eigenvalue weighted by molar-refractivity contribution is -0.117. The van der Waals surface area contributed by atoms with E-state index in [1.165, 1.54) is 22.2 Å². The van der Waals surface area contributed by atoms with Gasteiger partial charge in [-0.1, -0.05) is 17.8 Å². The van der Waals surface area contributed by atoms with Crippen LogP contribution in [-0.4, -0.2) is 21.2 Å². The molecule has 2 heterocycles. The molecule has 3 rings (SSSR count). The average molecular weight is 335 g/mol. The molecule has 0 unspecified atom stereocenters. The maximum Gasteiger partial charge on any atom is 0.263 e. The van der Waals surface area contributed by atoms with Crippen molar-refractivity contribution in [1.29, 1.82) is 0 Å². The Morgan fingerprint density at radius 3 is 3.05 bits per heavy atom. The van der Waals surface area contributed by atoms with Crippen molar-refractivity contribution in [2.24, 2.45) is 5.73 Å². The third-order valence-electron chi connectivity index (χ3n) is 3.68. The number of nitrogens with two attached hydrogens (primary N) is 1. The second-order valence-electron chi connectivity index (χ2n) is 5.20. The van der Waals surface area contributed by atoms with E-state index in [9.17, 15) is 9.59 Å². The van der Waals surface area contributed by atoms with Crippen LogP contribution in [0.25, 0.3) is 10.2 Å². The SMILES string of the molecule is C=CCn1c(SCCC(N)=O)nc2sc3c(c2c1=O)CCC3. The number of thioether (sulfide) groups is 1.